The normalized spacial score (nSPS) is 14.3. The Morgan fingerprint density at radius 3 is 3.13 bits per heavy atom. The molecule has 1 aromatic rings. The van der Waals surface area contributed by atoms with Gasteiger partial charge in [0, 0.05) is 6.61 Å². The Morgan fingerprint density at radius 2 is 2.33 bits per heavy atom. The molecule has 0 saturated carbocycles. The average molecular weight is 203 g/mol. The number of aliphatic hydroxyl groups is 1. The molecule has 2 rings (SSSR count). The molecule has 0 saturated heterocycles. The first-order valence-electron chi connectivity index (χ1n) is 5.00. The highest BCUT2D eigenvalue weighted by molar-refractivity contribution is 6.01. The number of anilines is 1. The molecule has 3 nitrogen and oxygen atoms in total. The van der Waals surface area contributed by atoms with E-state index in [2.05, 4.69) is 5.32 Å². The summed E-state index contributed by atoms with van der Waals surface area (Å²) in [5.74, 6) is 0.0491. The number of amides is 1. The van der Waals surface area contributed by atoms with E-state index in [1.54, 1.807) is 0 Å². The summed E-state index contributed by atoms with van der Waals surface area (Å²) < 4.78 is 0. The number of benzene rings is 1. The molecule has 1 amide bonds. The van der Waals surface area contributed by atoms with Crippen LogP contribution in [0.4, 0.5) is 5.69 Å². The monoisotopic (exact) mass is 203 g/mol. The number of rotatable bonds is 3. The molecule has 1 heterocycles. The van der Waals surface area contributed by atoms with Crippen LogP contribution >= 0.6 is 0 Å². The van der Waals surface area contributed by atoms with Crippen LogP contribution in [-0.2, 0) is 11.2 Å². The number of hydrogen-bond acceptors (Lipinski definition) is 2. The highest BCUT2D eigenvalue weighted by Gasteiger charge is 2.18. The zero-order chi connectivity index (χ0) is 10.7. The summed E-state index contributed by atoms with van der Waals surface area (Å²) in [7, 11) is 0. The Hall–Kier alpha value is -1.61. The summed E-state index contributed by atoms with van der Waals surface area (Å²) in [5.41, 5.74) is 2.97. The first-order valence-corrected chi connectivity index (χ1v) is 5.00. The lowest BCUT2D eigenvalue weighted by molar-refractivity contribution is -0.115. The van der Waals surface area contributed by atoms with Crippen LogP contribution < -0.4 is 5.32 Å². The fourth-order valence-electron chi connectivity index (χ4n) is 1.70. The lowest BCUT2D eigenvalue weighted by Gasteiger charge is -2.02. The summed E-state index contributed by atoms with van der Waals surface area (Å²) in [4.78, 5) is 11.2. The molecular formula is C12H13NO2. The SMILES string of the molecule is O=C1Cc2cccc(C=CCCO)c2N1. The van der Waals surface area contributed by atoms with Gasteiger partial charge in [0.1, 0.15) is 0 Å². The Kier molecular flexibility index (Phi) is 2.83. The van der Waals surface area contributed by atoms with E-state index in [0.717, 1.165) is 16.8 Å². The minimum atomic E-state index is 0.0491. The number of hydrogen-bond donors (Lipinski definition) is 2. The summed E-state index contributed by atoms with van der Waals surface area (Å²) in [6.45, 7) is 0.151. The zero-order valence-electron chi connectivity index (χ0n) is 8.36. The van der Waals surface area contributed by atoms with Gasteiger partial charge in [-0.05, 0) is 17.5 Å². The van der Waals surface area contributed by atoms with Crippen LogP contribution in [0.1, 0.15) is 17.5 Å². The molecule has 0 spiro atoms. The summed E-state index contributed by atoms with van der Waals surface area (Å²) in [6, 6.07) is 5.85. The van der Waals surface area contributed by atoms with Crippen molar-refractivity contribution < 1.29 is 9.90 Å². The topological polar surface area (TPSA) is 49.3 Å². The largest absolute Gasteiger partial charge is 0.396 e. The van der Waals surface area contributed by atoms with Gasteiger partial charge >= 0.3 is 0 Å². The molecule has 0 fully saturated rings. The second-order valence-corrected chi connectivity index (χ2v) is 3.52. The molecule has 1 aliphatic heterocycles. The molecule has 1 aromatic carbocycles. The van der Waals surface area contributed by atoms with Crippen LogP contribution in [0.5, 0.6) is 0 Å². The number of carbonyl (C=O) groups is 1. The van der Waals surface area contributed by atoms with Crippen molar-refractivity contribution in [3.63, 3.8) is 0 Å². The van der Waals surface area contributed by atoms with Crippen LogP contribution in [0.3, 0.4) is 0 Å². The first kappa shape index (κ1) is 9.93. The second kappa shape index (κ2) is 4.28. The highest BCUT2D eigenvalue weighted by Crippen LogP contribution is 2.27. The zero-order valence-corrected chi connectivity index (χ0v) is 8.36. The van der Waals surface area contributed by atoms with E-state index in [0.29, 0.717) is 12.8 Å². The van der Waals surface area contributed by atoms with Gasteiger partial charge in [0.2, 0.25) is 5.91 Å². The predicted octanol–water partition coefficient (Wildman–Crippen LogP) is 1.58. The molecule has 0 aromatic heterocycles. The number of para-hydroxylation sites is 1. The Bertz CT molecular complexity index is 410. The molecule has 1 aliphatic rings. The number of aliphatic hydroxyl groups excluding tert-OH is 1. The van der Waals surface area contributed by atoms with Crippen LogP contribution in [0.15, 0.2) is 24.3 Å². The van der Waals surface area contributed by atoms with E-state index >= 15 is 0 Å². The maximum Gasteiger partial charge on any atom is 0.228 e. The fourth-order valence-corrected chi connectivity index (χ4v) is 1.70. The minimum absolute atomic E-state index is 0.0491. The van der Waals surface area contributed by atoms with E-state index in [1.165, 1.54) is 0 Å². The molecule has 0 aliphatic carbocycles. The number of carbonyl (C=O) groups excluding carboxylic acids is 1. The highest BCUT2D eigenvalue weighted by atomic mass is 16.2. The third-order valence-electron chi connectivity index (χ3n) is 2.39. The quantitative estimate of drug-likeness (QED) is 0.783. The van der Waals surface area contributed by atoms with E-state index in [-0.39, 0.29) is 12.5 Å². The van der Waals surface area contributed by atoms with Gasteiger partial charge in [0.05, 0.1) is 12.1 Å². The van der Waals surface area contributed by atoms with Crippen molar-refractivity contribution in [1.29, 1.82) is 0 Å². The van der Waals surface area contributed by atoms with Crippen LogP contribution in [0.25, 0.3) is 6.08 Å². The van der Waals surface area contributed by atoms with Crippen molar-refractivity contribution in [3.8, 4) is 0 Å². The third-order valence-corrected chi connectivity index (χ3v) is 2.39. The predicted molar refractivity (Wildman–Crippen MR) is 59.5 cm³/mol. The number of fused-ring (bicyclic) bond motifs is 1. The maximum absolute atomic E-state index is 11.2. The first-order chi connectivity index (χ1) is 7.31. The summed E-state index contributed by atoms with van der Waals surface area (Å²) in [5, 5.41) is 11.5. The van der Waals surface area contributed by atoms with Crippen LogP contribution in [0.2, 0.25) is 0 Å². The van der Waals surface area contributed by atoms with Crippen LogP contribution in [0, 0.1) is 0 Å². The molecule has 15 heavy (non-hydrogen) atoms. The second-order valence-electron chi connectivity index (χ2n) is 3.52. The van der Waals surface area contributed by atoms with Crippen molar-refractivity contribution >= 4 is 17.7 Å². The Balaban J connectivity index is 2.26. The lowest BCUT2D eigenvalue weighted by atomic mass is 10.1. The molecule has 0 bridgehead atoms. The Labute approximate surface area is 88.4 Å². The number of nitrogens with one attached hydrogen (secondary N) is 1. The molecule has 0 unspecified atom stereocenters. The van der Waals surface area contributed by atoms with Gasteiger partial charge < -0.3 is 10.4 Å². The van der Waals surface area contributed by atoms with Crippen molar-refractivity contribution in [3.05, 3.63) is 35.4 Å². The smallest absolute Gasteiger partial charge is 0.228 e. The third kappa shape index (κ3) is 2.07. The van der Waals surface area contributed by atoms with Crippen molar-refractivity contribution in [1.82, 2.24) is 0 Å². The van der Waals surface area contributed by atoms with Crippen molar-refractivity contribution in [2.45, 2.75) is 12.8 Å². The van der Waals surface area contributed by atoms with Gasteiger partial charge in [-0.25, -0.2) is 0 Å². The molecule has 0 radical (unpaired) electrons. The molecule has 2 N–H and O–H groups in total. The minimum Gasteiger partial charge on any atom is -0.396 e. The van der Waals surface area contributed by atoms with Crippen molar-refractivity contribution in [2.24, 2.45) is 0 Å². The van der Waals surface area contributed by atoms with Gasteiger partial charge in [-0.1, -0.05) is 30.4 Å². The molecule has 3 heteroatoms. The molecular weight excluding hydrogens is 190 g/mol. The van der Waals surface area contributed by atoms with Gasteiger partial charge in [-0.15, -0.1) is 0 Å². The molecule has 78 valence electrons. The van der Waals surface area contributed by atoms with E-state index in [9.17, 15) is 4.79 Å². The lowest BCUT2D eigenvalue weighted by Crippen LogP contribution is -2.04. The van der Waals surface area contributed by atoms with E-state index in [1.807, 2.05) is 30.4 Å². The summed E-state index contributed by atoms with van der Waals surface area (Å²) >= 11 is 0. The molecule has 0 atom stereocenters. The van der Waals surface area contributed by atoms with Gasteiger partial charge in [-0.3, -0.25) is 4.79 Å². The van der Waals surface area contributed by atoms with Crippen molar-refractivity contribution in [2.75, 3.05) is 11.9 Å². The van der Waals surface area contributed by atoms with Gasteiger partial charge in [-0.2, -0.15) is 0 Å². The summed E-state index contributed by atoms with van der Waals surface area (Å²) in [6.07, 6.45) is 4.94. The Morgan fingerprint density at radius 1 is 1.47 bits per heavy atom. The van der Waals surface area contributed by atoms with Gasteiger partial charge in [0.25, 0.3) is 0 Å². The van der Waals surface area contributed by atoms with Gasteiger partial charge in [0.15, 0.2) is 0 Å². The van der Waals surface area contributed by atoms with E-state index < -0.39 is 0 Å². The average Bonchev–Trinajstić information content (AvgIpc) is 2.59. The maximum atomic E-state index is 11.2. The van der Waals surface area contributed by atoms with E-state index in [4.69, 9.17) is 5.11 Å². The standard InChI is InChI=1S/C12H13NO2/c14-7-2-1-4-9-5-3-6-10-8-11(15)13-12(9)10/h1,3-6,14H,2,7-8H2,(H,13,15). The fraction of sp³-hybridized carbons (Fsp3) is 0.250. The van der Waals surface area contributed by atoms with Crippen LogP contribution in [-0.4, -0.2) is 17.6 Å².